The average molecular weight is 1210 g/mol. The van der Waals surface area contributed by atoms with E-state index < -0.39 is 203 Å². The van der Waals surface area contributed by atoms with Gasteiger partial charge in [-0.3, -0.25) is 0 Å². The maximum Gasteiger partial charge on any atom is 0.331 e. The summed E-state index contributed by atoms with van der Waals surface area (Å²) in [5, 5.41) is 153. The van der Waals surface area contributed by atoms with E-state index in [0.717, 1.165) is 12.2 Å². The minimum Gasteiger partial charge on any atom is -0.506 e. The number of methoxy groups -OCH3 is 4. The molecule has 0 radical (unpaired) electrons. The Balaban J connectivity index is 1.10. The molecule has 15 N–H and O–H groups in total. The summed E-state index contributed by atoms with van der Waals surface area (Å²) in [5.41, 5.74) is 0.439. The number of fused-ring (bicyclic) bond motifs is 1. The third kappa shape index (κ3) is 15.2. The zero-order valence-electron chi connectivity index (χ0n) is 47.0. The summed E-state index contributed by atoms with van der Waals surface area (Å²) in [7, 11) is 5.56. The highest BCUT2D eigenvalue weighted by molar-refractivity contribution is 5.83. The van der Waals surface area contributed by atoms with Gasteiger partial charge in [0.1, 0.15) is 92.1 Å². The molecule has 0 spiro atoms. The van der Waals surface area contributed by atoms with Crippen molar-refractivity contribution in [3.8, 4) is 0 Å². The fraction of sp³-hybridized carbons (Fsp3) is 0.818. The van der Waals surface area contributed by atoms with Crippen LogP contribution in [0.1, 0.15) is 57.8 Å². The normalized spacial score (nSPS) is 45.9. The molecule has 4 aliphatic heterocycles. The third-order valence-electron chi connectivity index (χ3n) is 17.6. The highest BCUT2D eigenvalue weighted by Gasteiger charge is 2.58. The van der Waals surface area contributed by atoms with Crippen molar-refractivity contribution < 1.29 is 143 Å². The van der Waals surface area contributed by atoms with Gasteiger partial charge < -0.3 is 133 Å². The standard InChI is InChI=1S/C55H84O29/c1-72-31-11-22(12-32(73-2)41(31)63)5-9-39(61)76-21-38-45(67)48(70)52(84-55-51(47(69)44(66)37(20-57)81-55)83-40(62)10-6-23-13-33(74-3)42(64)34(14-23)75-4)54(82-38)79-35-18-26-29(77-50(35)24-7-8-27(59)28(60)15-24)16-25(58)17-30(26)78-53-49(71)46(68)43(65)36(19-56)80-53/h5-6,9-10,13,22,24-32,34-38,41,43-60,63-71H,7-8,11-12,14-21H2,1-4H3/p+1. The molecule has 3 saturated carbocycles. The average Bonchev–Trinajstić information content (AvgIpc) is 1.95. The minimum atomic E-state index is -2.08. The molecule has 0 amide bonds. The van der Waals surface area contributed by atoms with E-state index in [1.807, 2.05) is 0 Å². The van der Waals surface area contributed by atoms with E-state index in [2.05, 4.69) is 0 Å². The van der Waals surface area contributed by atoms with Gasteiger partial charge in [-0.15, -0.1) is 0 Å². The lowest BCUT2D eigenvalue weighted by atomic mass is 9.72. The molecule has 0 aromatic heterocycles. The van der Waals surface area contributed by atoms with Crippen LogP contribution < -0.4 is 0 Å². The highest BCUT2D eigenvalue weighted by atomic mass is 16.8. The van der Waals surface area contributed by atoms with Crippen molar-refractivity contribution in [2.45, 2.75) is 217 Å². The lowest BCUT2D eigenvalue weighted by Gasteiger charge is -2.51. The summed E-state index contributed by atoms with van der Waals surface area (Å²) in [6, 6.07) is 0. The summed E-state index contributed by atoms with van der Waals surface area (Å²) >= 11 is 0. The first-order valence-corrected chi connectivity index (χ1v) is 28.4. The summed E-state index contributed by atoms with van der Waals surface area (Å²) in [6.07, 6.45) is -29.4. The van der Waals surface area contributed by atoms with Crippen molar-refractivity contribution in [2.24, 2.45) is 17.8 Å². The second-order valence-corrected chi connectivity index (χ2v) is 22.9. The van der Waals surface area contributed by atoms with Crippen molar-refractivity contribution >= 4 is 11.9 Å². The van der Waals surface area contributed by atoms with Crippen molar-refractivity contribution in [3.63, 3.8) is 0 Å². The molecule has 0 bridgehead atoms. The molecule has 0 aromatic carbocycles. The number of ether oxygens (including phenoxy) is 13. The second kappa shape index (κ2) is 29.7. The number of aliphatic hydroxyl groups is 16. The van der Waals surface area contributed by atoms with Crippen LogP contribution in [0.5, 0.6) is 0 Å². The van der Waals surface area contributed by atoms with E-state index >= 15 is 0 Å². The topological polar surface area (TPSA) is 441 Å². The number of esters is 2. The van der Waals surface area contributed by atoms with Crippen LogP contribution in [-0.2, 0) is 66.4 Å². The molecular formula is C55H85O29+. The summed E-state index contributed by atoms with van der Waals surface area (Å²) in [5.74, 6) is -3.65. The molecule has 7 fully saturated rings. The largest absolute Gasteiger partial charge is 0.506 e. The van der Waals surface area contributed by atoms with Gasteiger partial charge in [-0.1, -0.05) is 12.2 Å². The minimum absolute atomic E-state index is 0.0235. The van der Waals surface area contributed by atoms with Crippen LogP contribution >= 0.6 is 0 Å². The van der Waals surface area contributed by atoms with Crippen LogP contribution in [0.25, 0.3) is 0 Å². The van der Waals surface area contributed by atoms with Gasteiger partial charge in [-0.2, -0.15) is 0 Å². The summed E-state index contributed by atoms with van der Waals surface area (Å²) < 4.78 is 75.4. The SMILES string of the molecule is COC1=C(O)C(OC)CC(C=CC(=O)OC2C(OC3C(OC4CC5C(OC6OC(CO)C(O)C(O)C6O)CC(O)CC5[OH+]C4C4CCC(O)C(O)C4)OC(COC(=O)C=CC4CC(OC)C(O)C(OC)C4)C(O)C3O)OC(CO)C(O)C2O)=C1. The quantitative estimate of drug-likeness (QED) is 0.0308. The molecule has 0 aromatic rings. The van der Waals surface area contributed by atoms with Crippen LogP contribution in [0.4, 0.5) is 0 Å². The Morgan fingerprint density at radius 2 is 1.23 bits per heavy atom. The van der Waals surface area contributed by atoms with Crippen LogP contribution in [0, 0.1) is 17.8 Å². The maximum absolute atomic E-state index is 13.6. The van der Waals surface area contributed by atoms with Crippen LogP contribution in [0.3, 0.4) is 0 Å². The number of carbonyl (C=O) groups is 2. The first-order chi connectivity index (χ1) is 40.1. The molecule has 27 atom stereocenters. The predicted octanol–water partition coefficient (Wildman–Crippen LogP) is -5.08. The number of hydrogen-bond donors (Lipinski definition) is 14. The van der Waals surface area contributed by atoms with Crippen molar-refractivity contribution in [2.75, 3.05) is 48.3 Å². The van der Waals surface area contributed by atoms with Gasteiger partial charge in [0.2, 0.25) is 0 Å². The highest BCUT2D eigenvalue weighted by Crippen LogP contribution is 2.45. The Bertz CT molecular complexity index is 2250. The number of allylic oxidation sites excluding steroid dienone is 3. The number of rotatable bonds is 20. The van der Waals surface area contributed by atoms with E-state index in [9.17, 15) is 81.1 Å². The lowest BCUT2D eigenvalue weighted by Crippen LogP contribution is -2.66. The molecule has 27 unspecified atom stereocenters. The van der Waals surface area contributed by atoms with Gasteiger partial charge in [-0.25, -0.2) is 9.59 Å². The predicted molar refractivity (Wildman–Crippen MR) is 279 cm³/mol. The van der Waals surface area contributed by atoms with Gasteiger partial charge in [0.05, 0.1) is 62.9 Å². The van der Waals surface area contributed by atoms with E-state index in [4.69, 9.17) is 61.6 Å². The molecule has 4 aliphatic carbocycles. The Morgan fingerprint density at radius 3 is 1.87 bits per heavy atom. The number of carbonyl (C=O) groups excluding carboxylic acids is 2. The zero-order chi connectivity index (χ0) is 60.8. The zero-order valence-corrected chi connectivity index (χ0v) is 47.0. The Labute approximate surface area is 484 Å². The molecule has 4 saturated heterocycles. The molecule has 8 aliphatic rings. The van der Waals surface area contributed by atoms with Crippen molar-refractivity contribution in [1.29, 1.82) is 0 Å². The Morgan fingerprint density at radius 1 is 0.607 bits per heavy atom. The van der Waals surface area contributed by atoms with Crippen molar-refractivity contribution in [3.05, 3.63) is 47.5 Å². The van der Waals surface area contributed by atoms with Gasteiger partial charge in [-0.05, 0) is 56.1 Å². The summed E-state index contributed by atoms with van der Waals surface area (Å²) in [4.78, 5) is 27.0. The second-order valence-electron chi connectivity index (χ2n) is 22.9. The molecule has 8 rings (SSSR count). The number of hydrogen-bond acceptors (Lipinski definition) is 28. The van der Waals surface area contributed by atoms with E-state index in [1.165, 1.54) is 40.6 Å². The van der Waals surface area contributed by atoms with Crippen LogP contribution in [-0.4, -0.2) is 296 Å². The fourth-order valence-corrected chi connectivity index (χ4v) is 12.8. The molecule has 29 heteroatoms. The smallest absolute Gasteiger partial charge is 0.331 e. The van der Waals surface area contributed by atoms with Crippen molar-refractivity contribution in [1.82, 2.24) is 0 Å². The van der Waals surface area contributed by atoms with E-state index in [1.54, 1.807) is 6.08 Å². The molecule has 84 heavy (non-hydrogen) atoms. The fourth-order valence-electron chi connectivity index (χ4n) is 12.8. The molecule has 29 nitrogen and oxygen atoms in total. The lowest BCUT2D eigenvalue weighted by molar-refractivity contribution is -0.390. The maximum atomic E-state index is 13.6. The van der Waals surface area contributed by atoms with Gasteiger partial charge >= 0.3 is 11.9 Å². The van der Waals surface area contributed by atoms with Gasteiger partial charge in [0, 0.05) is 58.7 Å². The monoisotopic (exact) mass is 1210 g/mol. The Hall–Kier alpha value is -3.42. The van der Waals surface area contributed by atoms with Crippen LogP contribution in [0.2, 0.25) is 0 Å². The summed E-state index contributed by atoms with van der Waals surface area (Å²) in [6.45, 7) is -2.38. The van der Waals surface area contributed by atoms with Gasteiger partial charge in [0.15, 0.2) is 48.7 Å². The van der Waals surface area contributed by atoms with Gasteiger partial charge in [0.25, 0.3) is 0 Å². The van der Waals surface area contributed by atoms with E-state index in [-0.39, 0.29) is 56.0 Å². The molecule has 4 heterocycles. The molecule has 478 valence electrons. The number of aliphatic hydroxyl groups excluding tert-OH is 14. The third-order valence-corrected chi connectivity index (χ3v) is 17.6. The van der Waals surface area contributed by atoms with Crippen LogP contribution in [0.15, 0.2) is 47.5 Å². The first kappa shape index (κ1) is 66.5. The Kier molecular flexibility index (Phi) is 23.5. The van der Waals surface area contributed by atoms with E-state index in [0.29, 0.717) is 24.8 Å². The first-order valence-electron chi connectivity index (χ1n) is 28.4. The molecular weight excluding hydrogens is 1120 g/mol.